The number of amides is 1. The molecule has 0 aliphatic heterocycles. The second kappa shape index (κ2) is 8.77. The molecule has 2 aromatic heterocycles. The maximum Gasteiger partial charge on any atom is 0.326 e. The summed E-state index contributed by atoms with van der Waals surface area (Å²) in [5, 5.41) is 2.71. The van der Waals surface area contributed by atoms with Gasteiger partial charge in [-0.05, 0) is 30.5 Å². The number of ether oxygens (including phenoxy) is 1. The van der Waals surface area contributed by atoms with Crippen molar-refractivity contribution < 1.29 is 14.3 Å². The van der Waals surface area contributed by atoms with Crippen LogP contribution in [0, 0.1) is 0 Å². The lowest BCUT2D eigenvalue weighted by Crippen LogP contribution is -2.37. The van der Waals surface area contributed by atoms with E-state index in [1.54, 1.807) is 30.4 Å². The van der Waals surface area contributed by atoms with Crippen LogP contribution in [0.4, 0.5) is 5.69 Å². The molecule has 0 atom stereocenters. The summed E-state index contributed by atoms with van der Waals surface area (Å²) in [6.07, 6.45) is 1.50. The summed E-state index contributed by atoms with van der Waals surface area (Å²) in [4.78, 5) is 34.6. The molecule has 0 unspecified atom stereocenters. The van der Waals surface area contributed by atoms with E-state index < -0.39 is 5.97 Å². The van der Waals surface area contributed by atoms with E-state index in [9.17, 15) is 9.59 Å². The number of anilines is 1. The van der Waals surface area contributed by atoms with Gasteiger partial charge in [-0.25, -0.2) is 9.97 Å². The fourth-order valence-corrected chi connectivity index (χ4v) is 4.17. The smallest absolute Gasteiger partial charge is 0.326 e. The molecule has 0 radical (unpaired) electrons. The molecule has 0 N–H and O–H groups in total. The molecule has 1 aromatic carbocycles. The van der Waals surface area contributed by atoms with E-state index in [1.807, 2.05) is 29.6 Å². The summed E-state index contributed by atoms with van der Waals surface area (Å²) in [7, 11) is 0. The standard InChI is InChI=1S/C18H17N3O3S2/c1-2-24-16(23)10-21(13-6-4-3-5-7-13)15(22)11-26-18-17-14(8-9-25-17)19-12-20-18/h3-9,12H,2,10-11H2,1H3. The fourth-order valence-electron chi connectivity index (χ4n) is 2.34. The van der Waals surface area contributed by atoms with Gasteiger partial charge in [0.05, 0.1) is 22.6 Å². The first-order valence-corrected chi connectivity index (χ1v) is 9.87. The molecule has 6 nitrogen and oxygen atoms in total. The van der Waals surface area contributed by atoms with E-state index in [2.05, 4.69) is 9.97 Å². The molecule has 1 amide bonds. The average Bonchev–Trinajstić information content (AvgIpc) is 3.14. The van der Waals surface area contributed by atoms with Crippen LogP contribution in [-0.2, 0) is 14.3 Å². The monoisotopic (exact) mass is 387 g/mol. The van der Waals surface area contributed by atoms with E-state index in [0.717, 1.165) is 15.2 Å². The first-order valence-electron chi connectivity index (χ1n) is 8.01. The minimum absolute atomic E-state index is 0.116. The summed E-state index contributed by atoms with van der Waals surface area (Å²) in [6.45, 7) is 1.90. The molecule has 0 aliphatic carbocycles. The number of para-hydroxylation sites is 1. The lowest BCUT2D eigenvalue weighted by atomic mass is 10.3. The van der Waals surface area contributed by atoms with E-state index >= 15 is 0 Å². The van der Waals surface area contributed by atoms with Crippen LogP contribution in [0.25, 0.3) is 10.2 Å². The molecule has 26 heavy (non-hydrogen) atoms. The highest BCUT2D eigenvalue weighted by atomic mass is 32.2. The highest BCUT2D eigenvalue weighted by Gasteiger charge is 2.20. The Morgan fingerprint density at radius 3 is 2.77 bits per heavy atom. The molecular weight excluding hydrogens is 370 g/mol. The van der Waals surface area contributed by atoms with Crippen LogP contribution in [0.15, 0.2) is 53.1 Å². The number of fused-ring (bicyclic) bond motifs is 1. The summed E-state index contributed by atoms with van der Waals surface area (Å²) in [5.74, 6) is -0.451. The van der Waals surface area contributed by atoms with Gasteiger partial charge in [-0.15, -0.1) is 11.3 Å². The van der Waals surface area contributed by atoms with Crippen molar-refractivity contribution in [1.29, 1.82) is 0 Å². The van der Waals surface area contributed by atoms with Crippen molar-refractivity contribution in [1.82, 2.24) is 9.97 Å². The number of hydrogen-bond donors (Lipinski definition) is 0. The SMILES string of the molecule is CCOC(=O)CN(C(=O)CSc1ncnc2ccsc12)c1ccccc1. The maximum absolute atomic E-state index is 12.8. The Morgan fingerprint density at radius 2 is 2.00 bits per heavy atom. The summed E-state index contributed by atoms with van der Waals surface area (Å²) in [5.41, 5.74) is 1.53. The number of carbonyl (C=O) groups is 2. The van der Waals surface area contributed by atoms with Crippen LogP contribution >= 0.6 is 23.1 Å². The van der Waals surface area contributed by atoms with E-state index in [0.29, 0.717) is 5.69 Å². The molecule has 3 rings (SSSR count). The number of hydrogen-bond acceptors (Lipinski definition) is 7. The van der Waals surface area contributed by atoms with E-state index in [-0.39, 0.29) is 24.8 Å². The quantitative estimate of drug-likeness (QED) is 0.352. The molecule has 0 spiro atoms. The van der Waals surface area contributed by atoms with Gasteiger partial charge in [0, 0.05) is 5.69 Å². The molecule has 8 heteroatoms. The highest BCUT2D eigenvalue weighted by Crippen LogP contribution is 2.29. The molecular formula is C18H17N3O3S2. The van der Waals surface area contributed by atoms with Gasteiger partial charge in [0.25, 0.3) is 0 Å². The van der Waals surface area contributed by atoms with Crippen LogP contribution in [-0.4, -0.2) is 40.7 Å². The third-order valence-corrected chi connectivity index (χ3v) is 5.52. The number of esters is 1. The lowest BCUT2D eigenvalue weighted by molar-refractivity contribution is -0.142. The Labute approximate surface area is 159 Å². The van der Waals surface area contributed by atoms with Gasteiger partial charge in [-0.3, -0.25) is 9.59 Å². The minimum Gasteiger partial charge on any atom is -0.465 e. The van der Waals surface area contributed by atoms with E-state index in [1.165, 1.54) is 23.0 Å². The zero-order valence-electron chi connectivity index (χ0n) is 14.1. The highest BCUT2D eigenvalue weighted by molar-refractivity contribution is 8.00. The number of aromatic nitrogens is 2. The third-order valence-electron chi connectivity index (χ3n) is 3.50. The Kier molecular flexibility index (Phi) is 6.19. The van der Waals surface area contributed by atoms with Crippen molar-refractivity contribution in [2.24, 2.45) is 0 Å². The molecule has 0 saturated carbocycles. The van der Waals surface area contributed by atoms with Crippen molar-refractivity contribution in [3.05, 3.63) is 48.1 Å². The molecule has 3 aromatic rings. The van der Waals surface area contributed by atoms with Gasteiger partial charge < -0.3 is 9.64 Å². The molecule has 134 valence electrons. The zero-order valence-corrected chi connectivity index (χ0v) is 15.8. The van der Waals surface area contributed by atoms with Crippen molar-refractivity contribution in [3.8, 4) is 0 Å². The fraction of sp³-hybridized carbons (Fsp3) is 0.222. The van der Waals surface area contributed by atoms with Crippen molar-refractivity contribution in [2.75, 3.05) is 23.8 Å². The first-order chi connectivity index (χ1) is 12.7. The Balaban J connectivity index is 1.74. The minimum atomic E-state index is -0.433. The van der Waals surface area contributed by atoms with Crippen LogP contribution in [0.3, 0.4) is 0 Å². The van der Waals surface area contributed by atoms with Gasteiger partial charge in [0.2, 0.25) is 5.91 Å². The zero-order chi connectivity index (χ0) is 18.4. The van der Waals surface area contributed by atoms with Crippen molar-refractivity contribution >= 4 is 50.9 Å². The van der Waals surface area contributed by atoms with Crippen LogP contribution in [0.1, 0.15) is 6.92 Å². The number of thiophene rings is 1. The summed E-state index contributed by atoms with van der Waals surface area (Å²) >= 11 is 2.88. The molecule has 2 heterocycles. The predicted molar refractivity (Wildman–Crippen MR) is 104 cm³/mol. The first kappa shape index (κ1) is 18.3. The van der Waals surface area contributed by atoms with Gasteiger partial charge in [0.1, 0.15) is 17.9 Å². The van der Waals surface area contributed by atoms with Crippen LogP contribution in [0.2, 0.25) is 0 Å². The normalized spacial score (nSPS) is 10.7. The molecule has 0 saturated heterocycles. The Bertz CT molecular complexity index is 899. The number of rotatable bonds is 7. The second-order valence-electron chi connectivity index (χ2n) is 5.22. The number of benzene rings is 1. The molecule has 0 fully saturated rings. The lowest BCUT2D eigenvalue weighted by Gasteiger charge is -2.21. The molecule has 0 aliphatic rings. The van der Waals surface area contributed by atoms with E-state index in [4.69, 9.17) is 4.74 Å². The number of thioether (sulfide) groups is 1. The number of carbonyl (C=O) groups excluding carboxylic acids is 2. The van der Waals surface area contributed by atoms with Gasteiger partial charge in [-0.1, -0.05) is 30.0 Å². The maximum atomic E-state index is 12.8. The van der Waals surface area contributed by atoms with Gasteiger partial charge in [0.15, 0.2) is 0 Å². The largest absolute Gasteiger partial charge is 0.465 e. The van der Waals surface area contributed by atoms with Crippen molar-refractivity contribution in [3.63, 3.8) is 0 Å². The Morgan fingerprint density at radius 1 is 1.19 bits per heavy atom. The van der Waals surface area contributed by atoms with Gasteiger partial charge in [-0.2, -0.15) is 0 Å². The third kappa shape index (κ3) is 4.39. The predicted octanol–water partition coefficient (Wildman–Crippen LogP) is 3.38. The Hall–Kier alpha value is -2.45. The second-order valence-corrected chi connectivity index (χ2v) is 7.10. The summed E-state index contributed by atoms with van der Waals surface area (Å²) < 4.78 is 5.96. The van der Waals surface area contributed by atoms with Gasteiger partial charge >= 0.3 is 5.97 Å². The van der Waals surface area contributed by atoms with Crippen LogP contribution < -0.4 is 4.90 Å². The van der Waals surface area contributed by atoms with Crippen molar-refractivity contribution in [2.45, 2.75) is 11.9 Å². The summed E-state index contributed by atoms with van der Waals surface area (Å²) in [6, 6.07) is 11.0. The average molecular weight is 387 g/mol. The van der Waals surface area contributed by atoms with Crippen LogP contribution in [0.5, 0.6) is 0 Å². The topological polar surface area (TPSA) is 72.4 Å². The molecule has 0 bridgehead atoms. The number of nitrogens with zero attached hydrogens (tertiary/aromatic N) is 3.